The SMILES string of the molecule is C=CC(=O)OCC(O)COCCC[Si](C)(C)O[SiH](C)C. The zero-order chi connectivity index (χ0) is 15.6. The van der Waals surface area contributed by atoms with Crippen LogP contribution in [0.15, 0.2) is 12.7 Å². The summed E-state index contributed by atoms with van der Waals surface area (Å²) in [4.78, 5) is 10.8. The number of hydrogen-bond donors (Lipinski definition) is 1. The Morgan fingerprint density at radius 2 is 2.05 bits per heavy atom. The summed E-state index contributed by atoms with van der Waals surface area (Å²) < 4.78 is 16.1. The molecule has 1 atom stereocenters. The standard InChI is InChI=1S/C13H28O5Si2/c1-6-13(15)17-11-12(14)10-16-8-7-9-20(4,5)18-19(2)3/h6,12,14,19H,1,7-11H2,2-5H3. The largest absolute Gasteiger partial charge is 0.460 e. The molecule has 0 saturated carbocycles. The van der Waals surface area contributed by atoms with Crippen LogP contribution in [0, 0.1) is 0 Å². The third-order valence-corrected chi connectivity index (χ3v) is 8.51. The van der Waals surface area contributed by atoms with Crippen molar-refractivity contribution in [3.05, 3.63) is 12.7 Å². The Morgan fingerprint density at radius 1 is 1.40 bits per heavy atom. The van der Waals surface area contributed by atoms with E-state index < -0.39 is 29.4 Å². The molecule has 1 N–H and O–H groups in total. The van der Waals surface area contributed by atoms with Gasteiger partial charge in [-0.05, 0) is 38.7 Å². The van der Waals surface area contributed by atoms with Gasteiger partial charge in [0.15, 0.2) is 17.4 Å². The molecular weight excluding hydrogens is 292 g/mol. The fourth-order valence-electron chi connectivity index (χ4n) is 1.80. The Bertz CT molecular complexity index is 294. The summed E-state index contributed by atoms with van der Waals surface area (Å²) >= 11 is 0. The van der Waals surface area contributed by atoms with E-state index in [0.29, 0.717) is 6.61 Å². The van der Waals surface area contributed by atoms with Crippen molar-refractivity contribution in [1.29, 1.82) is 0 Å². The summed E-state index contributed by atoms with van der Waals surface area (Å²) in [7, 11) is -2.51. The van der Waals surface area contributed by atoms with Crippen LogP contribution in [0.2, 0.25) is 32.2 Å². The van der Waals surface area contributed by atoms with E-state index >= 15 is 0 Å². The zero-order valence-electron chi connectivity index (χ0n) is 13.1. The van der Waals surface area contributed by atoms with Gasteiger partial charge in [-0.1, -0.05) is 6.58 Å². The Morgan fingerprint density at radius 3 is 2.60 bits per heavy atom. The molecule has 0 saturated heterocycles. The van der Waals surface area contributed by atoms with E-state index in [0.717, 1.165) is 18.5 Å². The number of carbonyl (C=O) groups excluding carboxylic acids is 1. The topological polar surface area (TPSA) is 65.0 Å². The highest BCUT2D eigenvalue weighted by Crippen LogP contribution is 2.15. The van der Waals surface area contributed by atoms with E-state index in [-0.39, 0.29) is 13.2 Å². The quantitative estimate of drug-likeness (QED) is 0.272. The van der Waals surface area contributed by atoms with E-state index in [9.17, 15) is 9.90 Å². The molecule has 0 aromatic rings. The van der Waals surface area contributed by atoms with E-state index in [1.165, 1.54) is 0 Å². The van der Waals surface area contributed by atoms with Crippen molar-refractivity contribution >= 4 is 23.3 Å². The van der Waals surface area contributed by atoms with Crippen molar-refractivity contribution in [2.45, 2.75) is 44.8 Å². The number of aliphatic hydroxyl groups is 1. The molecule has 0 fully saturated rings. The van der Waals surface area contributed by atoms with Crippen molar-refractivity contribution in [1.82, 2.24) is 0 Å². The maximum Gasteiger partial charge on any atom is 0.330 e. The molecule has 0 spiro atoms. The van der Waals surface area contributed by atoms with Gasteiger partial charge in [0.2, 0.25) is 0 Å². The first-order valence-electron chi connectivity index (χ1n) is 6.99. The molecular formula is C13H28O5Si2. The smallest absolute Gasteiger partial charge is 0.330 e. The molecule has 0 rings (SSSR count). The van der Waals surface area contributed by atoms with Gasteiger partial charge in [-0.2, -0.15) is 0 Å². The first-order valence-corrected chi connectivity index (χ1v) is 12.9. The van der Waals surface area contributed by atoms with Gasteiger partial charge in [0, 0.05) is 12.7 Å². The van der Waals surface area contributed by atoms with E-state index in [1.807, 2.05) is 0 Å². The van der Waals surface area contributed by atoms with Gasteiger partial charge in [0.25, 0.3) is 0 Å². The summed E-state index contributed by atoms with van der Waals surface area (Å²) in [6, 6.07) is 1.06. The van der Waals surface area contributed by atoms with Crippen molar-refractivity contribution in [2.24, 2.45) is 0 Å². The van der Waals surface area contributed by atoms with Crippen molar-refractivity contribution in [3.63, 3.8) is 0 Å². The van der Waals surface area contributed by atoms with Crippen LogP contribution >= 0.6 is 0 Å². The lowest BCUT2D eigenvalue weighted by molar-refractivity contribution is -0.141. The molecule has 0 bridgehead atoms. The average Bonchev–Trinajstić information content (AvgIpc) is 2.33. The first kappa shape index (κ1) is 19.5. The Labute approximate surface area is 124 Å². The number of carbonyl (C=O) groups is 1. The molecule has 0 heterocycles. The lowest BCUT2D eigenvalue weighted by atomic mass is 10.4. The molecule has 0 aliphatic carbocycles. The molecule has 7 heteroatoms. The van der Waals surface area contributed by atoms with Crippen LogP contribution in [-0.2, 0) is 18.4 Å². The van der Waals surface area contributed by atoms with Crippen molar-refractivity contribution in [2.75, 3.05) is 19.8 Å². The fraction of sp³-hybridized carbons (Fsp3) is 0.769. The van der Waals surface area contributed by atoms with Crippen molar-refractivity contribution < 1.29 is 23.5 Å². The van der Waals surface area contributed by atoms with Gasteiger partial charge < -0.3 is 18.7 Å². The number of ether oxygens (including phenoxy) is 2. The Hall–Kier alpha value is -0.476. The number of aliphatic hydroxyl groups excluding tert-OH is 1. The van der Waals surface area contributed by atoms with Crippen LogP contribution < -0.4 is 0 Å². The minimum atomic E-state index is -1.54. The van der Waals surface area contributed by atoms with E-state index in [1.54, 1.807) is 0 Å². The van der Waals surface area contributed by atoms with Gasteiger partial charge in [-0.3, -0.25) is 0 Å². The van der Waals surface area contributed by atoms with Crippen LogP contribution in [0.5, 0.6) is 0 Å². The predicted molar refractivity (Wildman–Crippen MR) is 84.8 cm³/mol. The normalized spacial score (nSPS) is 13.3. The Balaban J connectivity index is 3.61. The third kappa shape index (κ3) is 11.4. The second-order valence-electron chi connectivity index (χ2n) is 5.59. The number of esters is 1. The zero-order valence-corrected chi connectivity index (χ0v) is 15.2. The first-order chi connectivity index (χ1) is 9.26. The van der Waals surface area contributed by atoms with Gasteiger partial charge in [-0.15, -0.1) is 0 Å². The predicted octanol–water partition coefficient (Wildman–Crippen LogP) is 1.69. The lowest BCUT2D eigenvalue weighted by Gasteiger charge is -2.25. The molecule has 0 amide bonds. The molecule has 0 aromatic heterocycles. The minimum absolute atomic E-state index is 0.0623. The van der Waals surface area contributed by atoms with E-state index in [4.69, 9.17) is 13.6 Å². The second-order valence-corrected chi connectivity index (χ2v) is 12.7. The van der Waals surface area contributed by atoms with Crippen LogP contribution in [0.3, 0.4) is 0 Å². The summed E-state index contributed by atoms with van der Waals surface area (Å²) in [5.74, 6) is -0.535. The number of hydrogen-bond acceptors (Lipinski definition) is 5. The molecule has 0 aromatic carbocycles. The highest BCUT2D eigenvalue weighted by Gasteiger charge is 2.22. The lowest BCUT2D eigenvalue weighted by Crippen LogP contribution is -2.35. The third-order valence-electron chi connectivity index (χ3n) is 2.52. The maximum atomic E-state index is 10.8. The molecule has 0 aliphatic heterocycles. The molecule has 5 nitrogen and oxygen atoms in total. The average molecular weight is 321 g/mol. The molecule has 1 unspecified atom stereocenters. The van der Waals surface area contributed by atoms with Crippen LogP contribution in [0.25, 0.3) is 0 Å². The molecule has 20 heavy (non-hydrogen) atoms. The summed E-state index contributed by atoms with van der Waals surface area (Å²) in [6.45, 7) is 12.8. The van der Waals surface area contributed by atoms with Crippen LogP contribution in [0.1, 0.15) is 6.42 Å². The molecule has 0 radical (unpaired) electrons. The van der Waals surface area contributed by atoms with Crippen LogP contribution in [0.4, 0.5) is 0 Å². The van der Waals surface area contributed by atoms with Gasteiger partial charge in [0.1, 0.15) is 12.7 Å². The van der Waals surface area contributed by atoms with Gasteiger partial charge in [-0.25, -0.2) is 4.79 Å². The highest BCUT2D eigenvalue weighted by molar-refractivity contribution is 6.77. The van der Waals surface area contributed by atoms with Gasteiger partial charge >= 0.3 is 5.97 Å². The minimum Gasteiger partial charge on any atom is -0.460 e. The summed E-state index contributed by atoms with van der Waals surface area (Å²) in [5, 5.41) is 9.52. The molecule has 118 valence electrons. The monoisotopic (exact) mass is 320 g/mol. The van der Waals surface area contributed by atoms with Gasteiger partial charge in [0.05, 0.1) is 6.61 Å². The van der Waals surface area contributed by atoms with E-state index in [2.05, 4.69) is 32.8 Å². The molecule has 0 aliphatic rings. The summed E-state index contributed by atoms with van der Waals surface area (Å²) in [5.41, 5.74) is 0. The van der Waals surface area contributed by atoms with Crippen molar-refractivity contribution in [3.8, 4) is 0 Å². The fourth-order valence-corrected chi connectivity index (χ4v) is 8.37. The summed E-state index contributed by atoms with van der Waals surface area (Å²) in [6.07, 6.45) is 1.21. The number of rotatable bonds is 11. The van der Waals surface area contributed by atoms with Crippen LogP contribution in [-0.4, -0.2) is 54.4 Å². The highest BCUT2D eigenvalue weighted by atomic mass is 28.4. The Kier molecular flexibility index (Phi) is 10.0. The maximum absolute atomic E-state index is 10.8. The second kappa shape index (κ2) is 10.3.